The third-order valence-electron chi connectivity index (χ3n) is 5.02. The number of benzene rings is 1. The van der Waals surface area contributed by atoms with Gasteiger partial charge in [-0.05, 0) is 36.1 Å². The highest BCUT2D eigenvalue weighted by Gasteiger charge is 2.30. The molecule has 2 amide bonds. The van der Waals surface area contributed by atoms with Crippen LogP contribution in [0.1, 0.15) is 43.9 Å². The zero-order valence-electron chi connectivity index (χ0n) is 14.7. The van der Waals surface area contributed by atoms with Gasteiger partial charge in [0.15, 0.2) is 0 Å². The molecule has 0 bridgehead atoms. The summed E-state index contributed by atoms with van der Waals surface area (Å²) in [4.78, 5) is 26.2. The Hall–Kier alpha value is -1.85. The van der Waals surface area contributed by atoms with Crippen LogP contribution in [0.4, 0.5) is 0 Å². The maximum absolute atomic E-state index is 12.6. The SMILES string of the molecule is CC(=O)N1C=Cc2ccccc2C1CC(=O)NC1CNCCC1C.Cl. The molecule has 136 valence electrons. The fourth-order valence-electron chi connectivity index (χ4n) is 3.54. The van der Waals surface area contributed by atoms with Crippen molar-refractivity contribution in [3.8, 4) is 0 Å². The number of piperidine rings is 1. The second-order valence-corrected chi connectivity index (χ2v) is 6.73. The summed E-state index contributed by atoms with van der Waals surface area (Å²) in [7, 11) is 0. The van der Waals surface area contributed by atoms with Crippen LogP contribution in [0.5, 0.6) is 0 Å². The van der Waals surface area contributed by atoms with Gasteiger partial charge in [0.1, 0.15) is 0 Å². The van der Waals surface area contributed by atoms with E-state index in [9.17, 15) is 9.59 Å². The molecule has 2 aliphatic rings. The van der Waals surface area contributed by atoms with Crippen molar-refractivity contribution in [3.63, 3.8) is 0 Å². The van der Waals surface area contributed by atoms with Crippen molar-refractivity contribution in [3.05, 3.63) is 41.6 Å². The molecule has 2 heterocycles. The third kappa shape index (κ3) is 4.41. The molecule has 25 heavy (non-hydrogen) atoms. The van der Waals surface area contributed by atoms with Gasteiger partial charge in [0.25, 0.3) is 0 Å². The molecule has 6 heteroatoms. The van der Waals surface area contributed by atoms with Gasteiger partial charge in [0.2, 0.25) is 11.8 Å². The minimum absolute atomic E-state index is 0. The van der Waals surface area contributed by atoms with E-state index in [0.29, 0.717) is 5.92 Å². The van der Waals surface area contributed by atoms with Gasteiger partial charge >= 0.3 is 0 Å². The molecule has 1 fully saturated rings. The average Bonchev–Trinajstić information content (AvgIpc) is 2.57. The maximum Gasteiger partial charge on any atom is 0.223 e. The predicted octanol–water partition coefficient (Wildman–Crippen LogP) is 2.49. The Morgan fingerprint density at radius 2 is 2.08 bits per heavy atom. The van der Waals surface area contributed by atoms with Crippen LogP contribution in [0.3, 0.4) is 0 Å². The van der Waals surface area contributed by atoms with E-state index in [1.807, 2.05) is 30.3 Å². The topological polar surface area (TPSA) is 61.4 Å². The second kappa shape index (κ2) is 8.50. The number of nitrogens with one attached hydrogen (secondary N) is 2. The number of hydrogen-bond donors (Lipinski definition) is 2. The highest BCUT2D eigenvalue weighted by Crippen LogP contribution is 2.32. The Bertz CT molecular complexity index is 662. The van der Waals surface area contributed by atoms with Crippen molar-refractivity contribution >= 4 is 30.3 Å². The number of nitrogens with zero attached hydrogens (tertiary/aromatic N) is 1. The largest absolute Gasteiger partial charge is 0.352 e. The highest BCUT2D eigenvalue weighted by molar-refractivity contribution is 5.85. The van der Waals surface area contributed by atoms with Crippen LogP contribution in [-0.2, 0) is 9.59 Å². The van der Waals surface area contributed by atoms with Gasteiger partial charge in [-0.3, -0.25) is 9.59 Å². The summed E-state index contributed by atoms with van der Waals surface area (Å²) in [6.45, 7) is 5.53. The minimum atomic E-state index is -0.240. The molecule has 2 N–H and O–H groups in total. The number of carbonyl (C=O) groups is 2. The van der Waals surface area contributed by atoms with Gasteiger partial charge in [0.05, 0.1) is 12.5 Å². The van der Waals surface area contributed by atoms with Crippen molar-refractivity contribution in [1.82, 2.24) is 15.5 Å². The molecule has 3 unspecified atom stereocenters. The monoisotopic (exact) mass is 363 g/mol. The summed E-state index contributed by atoms with van der Waals surface area (Å²) < 4.78 is 0. The van der Waals surface area contributed by atoms with Crippen molar-refractivity contribution in [2.24, 2.45) is 5.92 Å². The fourth-order valence-corrected chi connectivity index (χ4v) is 3.54. The quantitative estimate of drug-likeness (QED) is 0.867. The highest BCUT2D eigenvalue weighted by atomic mass is 35.5. The van der Waals surface area contributed by atoms with E-state index in [-0.39, 0.29) is 42.7 Å². The standard InChI is InChI=1S/C19H25N3O2.ClH/c1-13-7-9-20-12-17(13)21-19(24)11-18-16-6-4-3-5-15(16)8-10-22(18)14(2)23;/h3-6,8,10,13,17-18,20H,7,9,11-12H2,1-2H3,(H,21,24);1H. The molecule has 1 aromatic carbocycles. The van der Waals surface area contributed by atoms with E-state index in [4.69, 9.17) is 0 Å². The Balaban J connectivity index is 0.00000225. The van der Waals surface area contributed by atoms with Crippen molar-refractivity contribution in [2.45, 2.75) is 38.8 Å². The smallest absolute Gasteiger partial charge is 0.223 e. The predicted molar refractivity (Wildman–Crippen MR) is 101 cm³/mol. The molecule has 5 nitrogen and oxygen atoms in total. The molecule has 3 rings (SSSR count). The summed E-state index contributed by atoms with van der Waals surface area (Å²) in [5.74, 6) is 0.417. The van der Waals surface area contributed by atoms with Gasteiger partial charge in [0, 0.05) is 25.7 Å². The van der Waals surface area contributed by atoms with Crippen molar-refractivity contribution < 1.29 is 9.59 Å². The number of halogens is 1. The fraction of sp³-hybridized carbons (Fsp3) is 0.474. The van der Waals surface area contributed by atoms with Crippen LogP contribution in [0, 0.1) is 5.92 Å². The Kier molecular flexibility index (Phi) is 6.62. The lowest BCUT2D eigenvalue weighted by molar-refractivity contribution is -0.130. The first-order chi connectivity index (χ1) is 11.6. The van der Waals surface area contributed by atoms with Crippen LogP contribution in [0.2, 0.25) is 0 Å². The molecule has 1 saturated heterocycles. The molecular formula is C19H26ClN3O2. The van der Waals surface area contributed by atoms with E-state index in [1.165, 1.54) is 6.92 Å². The number of amides is 2. The van der Waals surface area contributed by atoms with Gasteiger partial charge in [-0.2, -0.15) is 0 Å². The van der Waals surface area contributed by atoms with Crippen molar-refractivity contribution in [1.29, 1.82) is 0 Å². The van der Waals surface area contributed by atoms with Crippen LogP contribution < -0.4 is 10.6 Å². The van der Waals surface area contributed by atoms with Crippen LogP contribution >= 0.6 is 12.4 Å². The lowest BCUT2D eigenvalue weighted by Gasteiger charge is -2.34. The summed E-state index contributed by atoms with van der Waals surface area (Å²) >= 11 is 0. The number of rotatable bonds is 3. The van der Waals surface area contributed by atoms with Gasteiger partial charge in [-0.25, -0.2) is 0 Å². The molecule has 2 aliphatic heterocycles. The molecule has 1 aromatic rings. The maximum atomic E-state index is 12.6. The summed E-state index contributed by atoms with van der Waals surface area (Å²) in [5, 5.41) is 6.47. The lowest BCUT2D eigenvalue weighted by atomic mass is 9.92. The van der Waals surface area contributed by atoms with E-state index in [2.05, 4.69) is 17.6 Å². The minimum Gasteiger partial charge on any atom is -0.352 e. The van der Waals surface area contributed by atoms with Gasteiger partial charge in [-0.1, -0.05) is 31.2 Å². The third-order valence-corrected chi connectivity index (χ3v) is 5.02. The zero-order chi connectivity index (χ0) is 17.1. The molecular weight excluding hydrogens is 338 g/mol. The van der Waals surface area contributed by atoms with Crippen LogP contribution in [-0.4, -0.2) is 35.8 Å². The molecule has 3 atom stereocenters. The van der Waals surface area contributed by atoms with E-state index in [1.54, 1.807) is 11.1 Å². The Labute approximate surface area is 155 Å². The van der Waals surface area contributed by atoms with E-state index < -0.39 is 0 Å². The molecule has 0 spiro atoms. The van der Waals surface area contributed by atoms with E-state index >= 15 is 0 Å². The molecule has 0 saturated carbocycles. The molecule has 0 aromatic heterocycles. The Morgan fingerprint density at radius 3 is 2.80 bits per heavy atom. The van der Waals surface area contributed by atoms with Crippen LogP contribution in [0.25, 0.3) is 6.08 Å². The number of fused-ring (bicyclic) bond motifs is 1. The normalized spacial score (nSPS) is 24.9. The summed E-state index contributed by atoms with van der Waals surface area (Å²) in [6, 6.07) is 7.86. The number of hydrogen-bond acceptors (Lipinski definition) is 3. The first kappa shape index (κ1) is 19.5. The Morgan fingerprint density at radius 1 is 1.32 bits per heavy atom. The lowest BCUT2D eigenvalue weighted by Crippen LogP contribution is -2.50. The molecule has 0 aliphatic carbocycles. The zero-order valence-corrected chi connectivity index (χ0v) is 15.5. The average molecular weight is 364 g/mol. The summed E-state index contributed by atoms with van der Waals surface area (Å²) in [6.07, 6.45) is 5.06. The number of carbonyl (C=O) groups excluding carboxylic acids is 2. The van der Waals surface area contributed by atoms with Gasteiger partial charge in [-0.15, -0.1) is 12.4 Å². The van der Waals surface area contributed by atoms with Gasteiger partial charge < -0.3 is 15.5 Å². The summed E-state index contributed by atoms with van der Waals surface area (Å²) in [5.41, 5.74) is 2.10. The molecule has 0 radical (unpaired) electrons. The van der Waals surface area contributed by atoms with E-state index in [0.717, 1.165) is 30.6 Å². The first-order valence-corrected chi connectivity index (χ1v) is 8.62. The van der Waals surface area contributed by atoms with Crippen LogP contribution in [0.15, 0.2) is 30.5 Å². The first-order valence-electron chi connectivity index (χ1n) is 8.62. The van der Waals surface area contributed by atoms with Crippen molar-refractivity contribution in [2.75, 3.05) is 13.1 Å². The second-order valence-electron chi connectivity index (χ2n) is 6.73.